The topological polar surface area (TPSA) is 50.4 Å². The number of carbonyl (C=O) groups is 1. The summed E-state index contributed by atoms with van der Waals surface area (Å²) in [6.07, 6.45) is 0.953. The van der Waals surface area contributed by atoms with Gasteiger partial charge in [-0.05, 0) is 38.0 Å². The van der Waals surface area contributed by atoms with Crippen molar-refractivity contribution in [2.75, 3.05) is 13.2 Å². The number of benzene rings is 1. The predicted octanol–water partition coefficient (Wildman–Crippen LogP) is 2.09. The van der Waals surface area contributed by atoms with Crippen molar-refractivity contribution in [3.8, 4) is 5.75 Å². The van der Waals surface area contributed by atoms with Gasteiger partial charge in [-0.1, -0.05) is 19.1 Å². The lowest BCUT2D eigenvalue weighted by atomic mass is 10.2. The highest BCUT2D eigenvalue weighted by atomic mass is 16.5. The van der Waals surface area contributed by atoms with Gasteiger partial charge < -0.3 is 15.4 Å². The van der Waals surface area contributed by atoms with E-state index in [1.807, 2.05) is 45.0 Å². The molecule has 1 atom stereocenters. The SMILES string of the molecule is CCCNC(=O)C(C)NCc1cccc(OCC)c1. The second-order valence-corrected chi connectivity index (χ2v) is 4.47. The lowest BCUT2D eigenvalue weighted by Gasteiger charge is -2.14. The first kappa shape index (κ1) is 15.5. The molecule has 0 spiro atoms. The van der Waals surface area contributed by atoms with Crippen LogP contribution < -0.4 is 15.4 Å². The number of amides is 1. The molecule has 1 amide bonds. The van der Waals surface area contributed by atoms with E-state index < -0.39 is 0 Å². The van der Waals surface area contributed by atoms with Crippen molar-refractivity contribution in [2.45, 2.75) is 39.8 Å². The zero-order valence-electron chi connectivity index (χ0n) is 12.0. The van der Waals surface area contributed by atoms with Crippen LogP contribution >= 0.6 is 0 Å². The minimum Gasteiger partial charge on any atom is -0.494 e. The van der Waals surface area contributed by atoms with Crippen LogP contribution in [0.25, 0.3) is 0 Å². The molecule has 0 fully saturated rings. The highest BCUT2D eigenvalue weighted by Gasteiger charge is 2.10. The molecule has 1 aromatic carbocycles. The number of hydrogen-bond donors (Lipinski definition) is 2. The van der Waals surface area contributed by atoms with Crippen LogP contribution in [0.5, 0.6) is 5.75 Å². The van der Waals surface area contributed by atoms with Crippen LogP contribution in [0.3, 0.4) is 0 Å². The van der Waals surface area contributed by atoms with Crippen LogP contribution in [0.4, 0.5) is 0 Å². The molecular formula is C15H24N2O2. The molecule has 0 radical (unpaired) electrons. The third kappa shape index (κ3) is 5.75. The van der Waals surface area contributed by atoms with Crippen molar-refractivity contribution in [3.63, 3.8) is 0 Å². The molecule has 4 nitrogen and oxygen atoms in total. The van der Waals surface area contributed by atoms with Gasteiger partial charge in [0.25, 0.3) is 0 Å². The summed E-state index contributed by atoms with van der Waals surface area (Å²) < 4.78 is 5.45. The number of nitrogens with one attached hydrogen (secondary N) is 2. The molecule has 0 aromatic heterocycles. The van der Waals surface area contributed by atoms with Crippen LogP contribution in [-0.4, -0.2) is 25.1 Å². The van der Waals surface area contributed by atoms with E-state index in [0.29, 0.717) is 13.2 Å². The summed E-state index contributed by atoms with van der Waals surface area (Å²) in [7, 11) is 0. The number of hydrogen-bond acceptors (Lipinski definition) is 3. The van der Waals surface area contributed by atoms with E-state index in [9.17, 15) is 4.79 Å². The smallest absolute Gasteiger partial charge is 0.236 e. The van der Waals surface area contributed by atoms with Crippen molar-refractivity contribution in [3.05, 3.63) is 29.8 Å². The third-order valence-corrected chi connectivity index (χ3v) is 2.76. The molecule has 1 rings (SSSR count). The number of carbonyl (C=O) groups excluding carboxylic acids is 1. The first-order chi connectivity index (χ1) is 9.17. The molecule has 0 aliphatic heterocycles. The summed E-state index contributed by atoms with van der Waals surface area (Å²) in [6, 6.07) is 7.72. The van der Waals surface area contributed by atoms with Gasteiger partial charge in [0.05, 0.1) is 12.6 Å². The fraction of sp³-hybridized carbons (Fsp3) is 0.533. The molecule has 1 unspecified atom stereocenters. The van der Waals surface area contributed by atoms with E-state index >= 15 is 0 Å². The maximum absolute atomic E-state index is 11.7. The van der Waals surface area contributed by atoms with Gasteiger partial charge in [0, 0.05) is 13.1 Å². The summed E-state index contributed by atoms with van der Waals surface area (Å²) in [6.45, 7) is 7.92. The normalized spacial score (nSPS) is 11.9. The Labute approximate surface area is 115 Å². The number of ether oxygens (including phenoxy) is 1. The first-order valence-corrected chi connectivity index (χ1v) is 6.90. The van der Waals surface area contributed by atoms with Gasteiger partial charge in [-0.2, -0.15) is 0 Å². The standard InChI is InChI=1S/C15H24N2O2/c1-4-9-16-15(18)12(3)17-11-13-7-6-8-14(10-13)19-5-2/h6-8,10,12,17H,4-5,9,11H2,1-3H3,(H,16,18). The average molecular weight is 264 g/mol. The summed E-state index contributed by atoms with van der Waals surface area (Å²) in [5.74, 6) is 0.910. The van der Waals surface area contributed by atoms with Gasteiger partial charge in [-0.25, -0.2) is 0 Å². The van der Waals surface area contributed by atoms with Crippen molar-refractivity contribution in [2.24, 2.45) is 0 Å². The zero-order valence-corrected chi connectivity index (χ0v) is 12.0. The lowest BCUT2D eigenvalue weighted by molar-refractivity contribution is -0.122. The minimum atomic E-state index is -0.192. The van der Waals surface area contributed by atoms with E-state index in [4.69, 9.17) is 4.74 Å². The Bertz CT molecular complexity index is 393. The third-order valence-electron chi connectivity index (χ3n) is 2.76. The van der Waals surface area contributed by atoms with Crippen LogP contribution in [0.1, 0.15) is 32.8 Å². The molecule has 106 valence electrons. The second-order valence-electron chi connectivity index (χ2n) is 4.47. The maximum atomic E-state index is 11.7. The fourth-order valence-electron chi connectivity index (χ4n) is 1.68. The van der Waals surface area contributed by atoms with E-state index in [1.54, 1.807) is 0 Å². The van der Waals surface area contributed by atoms with E-state index in [1.165, 1.54) is 0 Å². The molecule has 19 heavy (non-hydrogen) atoms. The van der Waals surface area contributed by atoms with Crippen molar-refractivity contribution in [1.29, 1.82) is 0 Å². The van der Waals surface area contributed by atoms with Gasteiger partial charge in [0.15, 0.2) is 0 Å². The Kier molecular flexibility index (Phi) is 6.97. The molecule has 4 heteroatoms. The summed E-state index contributed by atoms with van der Waals surface area (Å²) >= 11 is 0. The molecule has 0 saturated carbocycles. The summed E-state index contributed by atoms with van der Waals surface area (Å²) in [5, 5.41) is 6.08. The number of rotatable bonds is 8. The molecule has 1 aromatic rings. The average Bonchev–Trinajstić information content (AvgIpc) is 2.43. The van der Waals surface area contributed by atoms with Gasteiger partial charge >= 0.3 is 0 Å². The van der Waals surface area contributed by atoms with Crippen LogP contribution in [-0.2, 0) is 11.3 Å². The maximum Gasteiger partial charge on any atom is 0.236 e. The van der Waals surface area contributed by atoms with Gasteiger partial charge in [-0.15, -0.1) is 0 Å². The molecule has 0 bridgehead atoms. The molecule has 2 N–H and O–H groups in total. The van der Waals surface area contributed by atoms with Crippen molar-refractivity contribution >= 4 is 5.91 Å². The highest BCUT2D eigenvalue weighted by molar-refractivity contribution is 5.81. The van der Waals surface area contributed by atoms with E-state index in [2.05, 4.69) is 10.6 Å². The van der Waals surface area contributed by atoms with Crippen LogP contribution in [0, 0.1) is 0 Å². The van der Waals surface area contributed by atoms with Gasteiger partial charge in [0.1, 0.15) is 5.75 Å². The van der Waals surface area contributed by atoms with E-state index in [0.717, 1.165) is 24.3 Å². The Hall–Kier alpha value is -1.55. The molecule has 0 aliphatic rings. The van der Waals surface area contributed by atoms with Crippen molar-refractivity contribution in [1.82, 2.24) is 10.6 Å². The molecule has 0 heterocycles. The van der Waals surface area contributed by atoms with Crippen molar-refractivity contribution < 1.29 is 9.53 Å². The molecule has 0 saturated heterocycles. The largest absolute Gasteiger partial charge is 0.494 e. The second kappa shape index (κ2) is 8.53. The van der Waals surface area contributed by atoms with E-state index in [-0.39, 0.29) is 11.9 Å². The van der Waals surface area contributed by atoms with Crippen LogP contribution in [0.2, 0.25) is 0 Å². The quantitative estimate of drug-likeness (QED) is 0.756. The zero-order chi connectivity index (χ0) is 14.1. The lowest BCUT2D eigenvalue weighted by Crippen LogP contribution is -2.42. The van der Waals surface area contributed by atoms with Gasteiger partial charge in [-0.3, -0.25) is 4.79 Å². The summed E-state index contributed by atoms with van der Waals surface area (Å²) in [5.41, 5.74) is 1.11. The predicted molar refractivity (Wildman–Crippen MR) is 77.2 cm³/mol. The monoisotopic (exact) mass is 264 g/mol. The minimum absolute atomic E-state index is 0.0443. The highest BCUT2D eigenvalue weighted by Crippen LogP contribution is 2.13. The molecular weight excluding hydrogens is 240 g/mol. The fourth-order valence-corrected chi connectivity index (χ4v) is 1.68. The Morgan fingerprint density at radius 1 is 1.37 bits per heavy atom. The first-order valence-electron chi connectivity index (χ1n) is 6.90. The molecule has 0 aliphatic carbocycles. The Balaban J connectivity index is 2.42. The Morgan fingerprint density at radius 3 is 2.84 bits per heavy atom. The van der Waals surface area contributed by atoms with Crippen LogP contribution in [0.15, 0.2) is 24.3 Å². The summed E-state index contributed by atoms with van der Waals surface area (Å²) in [4.78, 5) is 11.7. The van der Waals surface area contributed by atoms with Gasteiger partial charge in [0.2, 0.25) is 5.91 Å². The Morgan fingerprint density at radius 2 is 2.16 bits per heavy atom.